The Morgan fingerprint density at radius 2 is 1.79 bits per heavy atom. The Labute approximate surface area is 173 Å². The van der Waals surface area contributed by atoms with Gasteiger partial charge in [0, 0.05) is 12.1 Å². The fourth-order valence-electron chi connectivity index (χ4n) is 5.16. The fraction of sp³-hybridized carbons (Fsp3) is 0.667. The second kappa shape index (κ2) is 8.52. The fourth-order valence-corrected chi connectivity index (χ4v) is 6.87. The number of sulfone groups is 1. The van der Waals surface area contributed by atoms with Crippen molar-refractivity contribution in [3.8, 4) is 5.75 Å². The van der Waals surface area contributed by atoms with E-state index in [9.17, 15) is 18.3 Å². The molecular formula is C21H32N3O4S+. The number of hydrogen-bond acceptors (Lipinski definition) is 5. The van der Waals surface area contributed by atoms with Crippen LogP contribution < -0.4 is 9.80 Å². The summed E-state index contributed by atoms with van der Waals surface area (Å²) in [4.78, 5) is 18.6. The normalized spacial score (nSPS) is 25.4. The number of hydrogen-bond donors (Lipinski definition) is 2. The van der Waals surface area contributed by atoms with Crippen LogP contribution in [0.15, 0.2) is 24.3 Å². The van der Waals surface area contributed by atoms with Crippen LogP contribution >= 0.6 is 0 Å². The highest BCUT2D eigenvalue weighted by molar-refractivity contribution is 7.91. The SMILES string of the molecule is O=C(C[NH+]1CCN(c2ccccc2O)CC1)N(C1CCCC1)[C@H]1CCS(=O)(=O)C1. The highest BCUT2D eigenvalue weighted by Gasteiger charge is 2.40. The molecule has 7 nitrogen and oxygen atoms in total. The average molecular weight is 423 g/mol. The number of anilines is 1. The monoisotopic (exact) mass is 422 g/mol. The summed E-state index contributed by atoms with van der Waals surface area (Å²) < 4.78 is 24.0. The van der Waals surface area contributed by atoms with Gasteiger partial charge < -0.3 is 19.8 Å². The second-order valence-corrected chi connectivity index (χ2v) is 10.9. The van der Waals surface area contributed by atoms with Gasteiger partial charge in [0.25, 0.3) is 5.91 Å². The van der Waals surface area contributed by atoms with Crippen molar-refractivity contribution in [2.75, 3.05) is 49.1 Å². The van der Waals surface area contributed by atoms with Gasteiger partial charge in [0.05, 0.1) is 43.4 Å². The number of carbonyl (C=O) groups excluding carboxylic acids is 1. The quantitative estimate of drug-likeness (QED) is 0.701. The van der Waals surface area contributed by atoms with Gasteiger partial charge >= 0.3 is 0 Å². The number of phenols is 1. The Kier molecular flexibility index (Phi) is 6.01. The van der Waals surface area contributed by atoms with E-state index in [1.54, 1.807) is 6.07 Å². The van der Waals surface area contributed by atoms with Crippen molar-refractivity contribution in [3.05, 3.63) is 24.3 Å². The van der Waals surface area contributed by atoms with E-state index in [0.717, 1.165) is 57.5 Å². The summed E-state index contributed by atoms with van der Waals surface area (Å²) in [6.45, 7) is 3.69. The molecule has 29 heavy (non-hydrogen) atoms. The van der Waals surface area contributed by atoms with Gasteiger partial charge in [0.15, 0.2) is 16.4 Å². The van der Waals surface area contributed by atoms with E-state index in [4.69, 9.17) is 0 Å². The number of para-hydroxylation sites is 2. The van der Waals surface area contributed by atoms with Crippen LogP contribution in [0.2, 0.25) is 0 Å². The summed E-state index contributed by atoms with van der Waals surface area (Å²) in [7, 11) is -3.01. The van der Waals surface area contributed by atoms with Gasteiger partial charge in [-0.2, -0.15) is 0 Å². The van der Waals surface area contributed by atoms with Gasteiger partial charge in [-0.05, 0) is 31.4 Å². The van der Waals surface area contributed by atoms with Crippen molar-refractivity contribution in [1.29, 1.82) is 0 Å². The lowest BCUT2D eigenvalue weighted by Gasteiger charge is -2.37. The zero-order chi connectivity index (χ0) is 20.4. The largest absolute Gasteiger partial charge is 0.506 e. The minimum Gasteiger partial charge on any atom is -0.506 e. The highest BCUT2D eigenvalue weighted by Crippen LogP contribution is 2.29. The van der Waals surface area contributed by atoms with Crippen LogP contribution in [0.4, 0.5) is 5.69 Å². The molecule has 1 aromatic carbocycles. The third-order valence-corrected chi connectivity index (χ3v) is 8.45. The minimum absolute atomic E-state index is 0.116. The maximum atomic E-state index is 13.3. The summed E-state index contributed by atoms with van der Waals surface area (Å²) in [5.74, 6) is 0.748. The van der Waals surface area contributed by atoms with Crippen LogP contribution in [-0.4, -0.2) is 80.6 Å². The van der Waals surface area contributed by atoms with Crippen LogP contribution in [0.5, 0.6) is 5.75 Å². The standard InChI is InChI=1S/C21H31N3O4S/c25-20-8-4-3-7-19(20)23-12-10-22(11-13-23)15-21(26)24(17-5-1-2-6-17)18-9-14-29(27,28)16-18/h3-4,7-8,17-18,25H,1-2,5-6,9-16H2/p+1/t18-/m0/s1. The number of phenolic OH excluding ortho intramolecular Hbond substituents is 1. The molecule has 0 radical (unpaired) electrons. The van der Waals surface area contributed by atoms with Gasteiger partial charge in [0.1, 0.15) is 5.75 Å². The lowest BCUT2D eigenvalue weighted by atomic mass is 10.1. The minimum atomic E-state index is -3.01. The van der Waals surface area contributed by atoms with Crippen LogP contribution in [0.25, 0.3) is 0 Å². The molecule has 8 heteroatoms. The first kappa shape index (κ1) is 20.5. The molecule has 2 N–H and O–H groups in total. The third-order valence-electron chi connectivity index (χ3n) is 6.70. The topological polar surface area (TPSA) is 82.4 Å². The number of aromatic hydroxyl groups is 1. The smallest absolute Gasteiger partial charge is 0.278 e. The molecule has 0 bridgehead atoms. The first-order valence-electron chi connectivity index (χ1n) is 10.8. The zero-order valence-electron chi connectivity index (χ0n) is 16.9. The molecule has 160 valence electrons. The van der Waals surface area contributed by atoms with E-state index >= 15 is 0 Å². The predicted molar refractivity (Wildman–Crippen MR) is 112 cm³/mol. The lowest BCUT2D eigenvalue weighted by molar-refractivity contribution is -0.892. The summed E-state index contributed by atoms with van der Waals surface area (Å²) in [6.07, 6.45) is 4.83. The molecule has 0 unspecified atom stereocenters. The number of carbonyl (C=O) groups is 1. The molecule has 3 aliphatic rings. The van der Waals surface area contributed by atoms with E-state index in [0.29, 0.717) is 18.7 Å². The molecule has 1 saturated carbocycles. The Hall–Kier alpha value is -1.80. The number of rotatable bonds is 5. The van der Waals surface area contributed by atoms with Crippen LogP contribution in [0.3, 0.4) is 0 Å². The maximum Gasteiger partial charge on any atom is 0.278 e. The summed E-state index contributed by atoms with van der Waals surface area (Å²) in [5.41, 5.74) is 0.849. The number of quaternary nitrogens is 1. The third kappa shape index (κ3) is 4.69. The molecule has 4 rings (SSSR count). The maximum absolute atomic E-state index is 13.3. The molecule has 1 atom stereocenters. The van der Waals surface area contributed by atoms with Crippen molar-refractivity contribution in [2.45, 2.75) is 44.2 Å². The van der Waals surface area contributed by atoms with Gasteiger partial charge in [-0.3, -0.25) is 4.79 Å². The second-order valence-electron chi connectivity index (χ2n) is 8.70. The highest BCUT2D eigenvalue weighted by atomic mass is 32.2. The molecule has 1 aliphatic carbocycles. The zero-order valence-corrected chi connectivity index (χ0v) is 17.7. The predicted octanol–water partition coefficient (Wildman–Crippen LogP) is 0.0554. The van der Waals surface area contributed by atoms with E-state index in [2.05, 4.69) is 4.90 Å². The van der Waals surface area contributed by atoms with E-state index in [1.807, 2.05) is 23.1 Å². The van der Waals surface area contributed by atoms with Crippen molar-refractivity contribution in [2.24, 2.45) is 0 Å². The molecule has 0 aromatic heterocycles. The number of nitrogens with zero attached hydrogens (tertiary/aromatic N) is 2. The molecule has 3 fully saturated rings. The average Bonchev–Trinajstić information content (AvgIpc) is 3.33. The van der Waals surface area contributed by atoms with Crippen molar-refractivity contribution >= 4 is 21.4 Å². The Balaban J connectivity index is 1.37. The van der Waals surface area contributed by atoms with Crippen LogP contribution in [0, 0.1) is 0 Å². The molecule has 0 spiro atoms. The van der Waals surface area contributed by atoms with Crippen molar-refractivity contribution in [3.63, 3.8) is 0 Å². The van der Waals surface area contributed by atoms with Crippen LogP contribution in [-0.2, 0) is 14.6 Å². The Morgan fingerprint density at radius 1 is 1.10 bits per heavy atom. The number of benzene rings is 1. The van der Waals surface area contributed by atoms with E-state index < -0.39 is 9.84 Å². The molecular weight excluding hydrogens is 390 g/mol. The Morgan fingerprint density at radius 3 is 2.41 bits per heavy atom. The van der Waals surface area contributed by atoms with Gasteiger partial charge in [-0.25, -0.2) is 8.42 Å². The van der Waals surface area contributed by atoms with Crippen LogP contribution in [0.1, 0.15) is 32.1 Å². The molecule has 2 aliphatic heterocycles. The molecule has 1 amide bonds. The lowest BCUT2D eigenvalue weighted by Crippen LogP contribution is -3.16. The summed E-state index contributed by atoms with van der Waals surface area (Å²) in [5, 5.41) is 10.1. The summed E-state index contributed by atoms with van der Waals surface area (Å²) >= 11 is 0. The number of nitrogens with one attached hydrogen (secondary N) is 1. The number of amides is 1. The van der Waals surface area contributed by atoms with Gasteiger partial charge in [-0.1, -0.05) is 25.0 Å². The summed E-state index contributed by atoms with van der Waals surface area (Å²) in [6, 6.07) is 7.44. The first-order valence-corrected chi connectivity index (χ1v) is 12.6. The molecule has 1 aromatic rings. The van der Waals surface area contributed by atoms with E-state index in [-0.39, 0.29) is 29.5 Å². The van der Waals surface area contributed by atoms with Gasteiger partial charge in [-0.15, -0.1) is 0 Å². The number of piperazine rings is 1. The van der Waals surface area contributed by atoms with Crippen molar-refractivity contribution < 1.29 is 23.2 Å². The van der Waals surface area contributed by atoms with Crippen molar-refractivity contribution in [1.82, 2.24) is 4.90 Å². The Bertz CT molecular complexity index is 830. The molecule has 2 saturated heterocycles. The molecule has 2 heterocycles. The first-order chi connectivity index (χ1) is 13.9. The van der Waals surface area contributed by atoms with Gasteiger partial charge in [0.2, 0.25) is 0 Å². The van der Waals surface area contributed by atoms with E-state index in [1.165, 1.54) is 4.90 Å².